The molecule has 0 radical (unpaired) electrons. The molecule has 0 unspecified atom stereocenters. The van der Waals surface area contributed by atoms with Gasteiger partial charge in [-0.2, -0.15) is 13.4 Å². The third-order valence-electron chi connectivity index (χ3n) is 1.79. The Morgan fingerprint density at radius 2 is 1.67 bits per heavy atom. The van der Waals surface area contributed by atoms with E-state index in [2.05, 4.69) is 9.88 Å². The molecule has 0 saturated heterocycles. The van der Waals surface area contributed by atoms with Gasteiger partial charge in [0.2, 0.25) is 0 Å². The Balaban J connectivity index is 0.000000394. The normalized spacial score (nSPS) is 11.0. The summed E-state index contributed by atoms with van der Waals surface area (Å²) in [4.78, 5) is 10.7. The van der Waals surface area contributed by atoms with Crippen LogP contribution in [0.1, 0.15) is 20.8 Å². The number of nitrogens with zero attached hydrogens (tertiary/aromatic N) is 2. The van der Waals surface area contributed by atoms with Gasteiger partial charge in [0.1, 0.15) is 5.60 Å². The van der Waals surface area contributed by atoms with Crippen LogP contribution in [0.15, 0.2) is 30.6 Å². The summed E-state index contributed by atoms with van der Waals surface area (Å²) in [5.41, 5.74) is -0.741. The molecule has 21 heavy (non-hydrogen) atoms. The molecule has 1 rings (SSSR count). The van der Waals surface area contributed by atoms with Gasteiger partial charge in [-0.1, -0.05) is 10.7 Å². The Bertz CT molecular complexity index is 538. The summed E-state index contributed by atoms with van der Waals surface area (Å²) in [5.74, 6) is 0. The third-order valence-corrected chi connectivity index (χ3v) is 2.24. The van der Waals surface area contributed by atoms with Crippen molar-refractivity contribution in [3.05, 3.63) is 30.6 Å². The van der Waals surface area contributed by atoms with E-state index in [0.29, 0.717) is 0 Å². The van der Waals surface area contributed by atoms with E-state index in [1.165, 1.54) is 4.72 Å². The van der Waals surface area contributed by atoms with Gasteiger partial charge in [0, 0.05) is 12.1 Å². The van der Waals surface area contributed by atoms with Crippen LogP contribution in [0.5, 0.6) is 0 Å². The maximum atomic E-state index is 10.7. The van der Waals surface area contributed by atoms with Crippen molar-refractivity contribution in [1.82, 2.24) is 4.72 Å². The Morgan fingerprint density at radius 3 is 1.95 bits per heavy atom. The molecule has 8 nitrogen and oxygen atoms in total. The summed E-state index contributed by atoms with van der Waals surface area (Å²) in [5, 5.41) is 6.52. The quantitative estimate of drug-likeness (QED) is 0.740. The van der Waals surface area contributed by atoms with Gasteiger partial charge < -0.3 is 4.74 Å². The van der Waals surface area contributed by atoms with Crippen molar-refractivity contribution in [1.29, 1.82) is 0 Å². The highest BCUT2D eigenvalue weighted by atomic mass is 32.2. The largest absolute Gasteiger partial charge is 0.443 e. The molecule has 1 aromatic rings. The van der Waals surface area contributed by atoms with Gasteiger partial charge in [-0.25, -0.2) is 14.7 Å². The number of rotatable bonds is 2. The average molecular weight is 319 g/mol. The van der Waals surface area contributed by atoms with E-state index < -0.39 is 21.9 Å². The number of aromatic nitrogens is 1. The topological polar surface area (TPSA) is 106 Å². The number of ether oxygens (including phenoxy) is 1. The number of pyridine rings is 1. The van der Waals surface area contributed by atoms with Crippen molar-refractivity contribution >= 4 is 16.3 Å². The first-order valence-electron chi connectivity index (χ1n) is 6.08. The monoisotopic (exact) mass is 319 g/mol. The van der Waals surface area contributed by atoms with Crippen LogP contribution in [0.4, 0.5) is 4.79 Å². The second kappa shape index (κ2) is 7.79. The second-order valence-electron chi connectivity index (χ2n) is 5.25. The molecule has 1 aromatic heterocycles. The smallest absolute Gasteiger partial charge is 0.422 e. The van der Waals surface area contributed by atoms with Crippen molar-refractivity contribution in [3.8, 4) is 0 Å². The summed E-state index contributed by atoms with van der Waals surface area (Å²) < 4.78 is 28.7. The van der Waals surface area contributed by atoms with Crippen molar-refractivity contribution in [2.75, 3.05) is 19.1 Å². The lowest BCUT2D eigenvalue weighted by atomic mass is 10.2. The first kappa shape index (κ1) is 19.1. The van der Waals surface area contributed by atoms with Gasteiger partial charge in [0.05, 0.1) is 14.1 Å². The fraction of sp³-hybridized carbons (Fsp3) is 0.500. The molecule has 0 atom stereocenters. The third kappa shape index (κ3) is 11.6. The van der Waals surface area contributed by atoms with Crippen LogP contribution >= 0.6 is 0 Å². The summed E-state index contributed by atoms with van der Waals surface area (Å²) in [6.07, 6.45) is 2.92. The standard InChI is InChI=1S/C7H11N2.C5H12N2O4S/c1-8(2)9-6-4-3-5-7-9;1-5(2,3)11-4(8)7-12(6,9)10/h3-7H,1-2H3;1-3H3,(H,7,8)(H2,6,9,10)/q+1;. The van der Waals surface area contributed by atoms with Gasteiger partial charge >= 0.3 is 16.3 Å². The summed E-state index contributed by atoms with van der Waals surface area (Å²) in [7, 11) is -0.0203. The minimum atomic E-state index is -4.02. The Hall–Kier alpha value is -1.87. The van der Waals surface area contributed by atoms with Crippen molar-refractivity contribution in [3.63, 3.8) is 0 Å². The highest BCUT2D eigenvalue weighted by Gasteiger charge is 2.18. The highest BCUT2D eigenvalue weighted by molar-refractivity contribution is 7.87. The number of nitrogens with two attached hydrogens (primary N) is 1. The van der Waals surface area contributed by atoms with Crippen molar-refractivity contribution in [2.45, 2.75) is 26.4 Å². The Morgan fingerprint density at radius 1 is 1.19 bits per heavy atom. The van der Waals surface area contributed by atoms with Crippen LogP contribution < -0.4 is 19.5 Å². The van der Waals surface area contributed by atoms with E-state index >= 15 is 0 Å². The Kier molecular flexibility index (Phi) is 7.10. The zero-order valence-electron chi connectivity index (χ0n) is 12.9. The van der Waals surface area contributed by atoms with Crippen LogP contribution in [-0.4, -0.2) is 34.2 Å². The van der Waals surface area contributed by atoms with Crippen molar-refractivity contribution in [2.24, 2.45) is 5.14 Å². The summed E-state index contributed by atoms with van der Waals surface area (Å²) in [6, 6.07) is 6.00. The lowest BCUT2D eigenvalue weighted by molar-refractivity contribution is -0.687. The maximum absolute atomic E-state index is 10.7. The SMILES string of the molecule is CC(C)(C)OC(=O)NS(N)(=O)=O.CN(C)[n+]1ccccc1. The van der Waals surface area contributed by atoms with E-state index in [1.54, 1.807) is 20.8 Å². The van der Waals surface area contributed by atoms with Crippen LogP contribution in [0.25, 0.3) is 0 Å². The number of amides is 1. The molecular formula is C12H23N4O4S+. The molecule has 0 saturated carbocycles. The zero-order chi connectivity index (χ0) is 16.7. The summed E-state index contributed by atoms with van der Waals surface area (Å²) >= 11 is 0. The molecule has 0 aliphatic heterocycles. The maximum Gasteiger partial charge on any atom is 0.422 e. The van der Waals surface area contributed by atoms with Crippen LogP contribution in [0.3, 0.4) is 0 Å². The van der Waals surface area contributed by atoms with E-state index in [-0.39, 0.29) is 0 Å². The van der Waals surface area contributed by atoms with E-state index in [9.17, 15) is 13.2 Å². The second-order valence-corrected chi connectivity index (χ2v) is 6.55. The van der Waals surface area contributed by atoms with Gasteiger partial charge in [-0.15, -0.1) is 0 Å². The molecule has 0 aromatic carbocycles. The van der Waals surface area contributed by atoms with Crippen molar-refractivity contribution < 1.29 is 22.6 Å². The Labute approximate surface area is 125 Å². The van der Waals surface area contributed by atoms with Crippen LogP contribution in [0, 0.1) is 0 Å². The molecule has 1 amide bonds. The number of carbonyl (C=O) groups is 1. The van der Waals surface area contributed by atoms with Gasteiger partial charge in [0.15, 0.2) is 12.4 Å². The molecule has 0 bridgehead atoms. The molecular weight excluding hydrogens is 296 g/mol. The van der Waals surface area contributed by atoms with E-state index in [1.807, 2.05) is 54.4 Å². The highest BCUT2D eigenvalue weighted by Crippen LogP contribution is 2.06. The molecule has 0 spiro atoms. The van der Waals surface area contributed by atoms with Gasteiger partial charge in [-0.3, -0.25) is 0 Å². The molecule has 0 fully saturated rings. The zero-order valence-corrected chi connectivity index (χ0v) is 13.7. The lowest BCUT2D eigenvalue weighted by Gasteiger charge is -2.18. The first-order chi connectivity index (χ1) is 9.41. The minimum absolute atomic E-state index is 0.741. The lowest BCUT2D eigenvalue weighted by Crippen LogP contribution is -2.51. The van der Waals surface area contributed by atoms with E-state index in [4.69, 9.17) is 0 Å². The molecule has 120 valence electrons. The van der Waals surface area contributed by atoms with E-state index in [0.717, 1.165) is 0 Å². The fourth-order valence-corrected chi connectivity index (χ4v) is 1.35. The predicted octanol–water partition coefficient (Wildman–Crippen LogP) is -0.114. The molecule has 0 aliphatic rings. The molecule has 9 heteroatoms. The molecule has 1 heterocycles. The first-order valence-corrected chi connectivity index (χ1v) is 7.63. The number of hydrogen-bond donors (Lipinski definition) is 2. The molecule has 0 aliphatic carbocycles. The van der Waals surface area contributed by atoms with Crippen LogP contribution in [0.2, 0.25) is 0 Å². The van der Waals surface area contributed by atoms with Gasteiger partial charge in [-0.05, 0) is 20.8 Å². The predicted molar refractivity (Wildman–Crippen MR) is 79.2 cm³/mol. The fourth-order valence-electron chi connectivity index (χ4n) is 1.07. The van der Waals surface area contributed by atoms with Gasteiger partial charge in [0.25, 0.3) is 0 Å². The number of nitrogens with one attached hydrogen (secondary N) is 1. The number of hydrogen-bond acceptors (Lipinski definition) is 5. The van der Waals surface area contributed by atoms with Crippen LogP contribution in [-0.2, 0) is 14.9 Å². The number of carbonyl (C=O) groups excluding carboxylic acids is 1. The summed E-state index contributed by atoms with van der Waals surface area (Å²) in [6.45, 7) is 4.82. The molecule has 3 N–H and O–H groups in total. The average Bonchev–Trinajstić information content (AvgIpc) is 2.25. The minimum Gasteiger partial charge on any atom is -0.443 e.